The van der Waals surface area contributed by atoms with E-state index in [1.54, 1.807) is 14.1 Å². The first kappa shape index (κ1) is 23.4. The second-order valence-corrected chi connectivity index (χ2v) is 7.39. The molecular weight excluding hydrogens is 320 g/mol. The van der Waals surface area contributed by atoms with Crippen LogP contribution in [0.2, 0.25) is 0 Å². The molecule has 0 spiro atoms. The monoisotopic (exact) mass is 358 g/mol. The highest BCUT2D eigenvalue weighted by molar-refractivity contribution is 5.88. The van der Waals surface area contributed by atoms with Gasteiger partial charge in [-0.15, -0.1) is 0 Å². The Morgan fingerprint density at radius 3 is 1.92 bits per heavy atom. The maximum Gasteiger partial charge on any atom is 0.242 e. The Labute approximate surface area is 154 Å². The minimum Gasteiger partial charge on any atom is -0.355 e. The molecule has 0 radical (unpaired) electrons. The predicted octanol–water partition coefficient (Wildman–Crippen LogP) is 1.04. The molecule has 7 heteroatoms. The van der Waals surface area contributed by atoms with E-state index in [0.29, 0.717) is 12.5 Å². The van der Waals surface area contributed by atoms with Gasteiger partial charge in [-0.1, -0.05) is 13.8 Å². The number of carbonyl (C=O) groups excluding carboxylic acids is 3. The summed E-state index contributed by atoms with van der Waals surface area (Å²) in [5.74, 6) is 0.0774. The lowest BCUT2D eigenvalue weighted by Gasteiger charge is -2.25. The standard InChI is InChI=1S/C18H36N4O3.H2/c1-14(2)9-8-10-19-16(23)11-21(6)18(25)13-22(7)17(24)12-20(5)15(3)4;/h14-15H,8-13H2,1-7H3,(H,19,23);1H. The van der Waals surface area contributed by atoms with E-state index in [1.807, 2.05) is 25.8 Å². The highest BCUT2D eigenvalue weighted by Crippen LogP contribution is 2.01. The van der Waals surface area contributed by atoms with Gasteiger partial charge in [0, 0.05) is 28.1 Å². The quantitative estimate of drug-likeness (QED) is 0.560. The summed E-state index contributed by atoms with van der Waals surface area (Å²) in [6.45, 7) is 9.17. The third-order valence-corrected chi connectivity index (χ3v) is 4.15. The number of carbonyl (C=O) groups is 3. The number of hydrogen-bond donors (Lipinski definition) is 1. The van der Waals surface area contributed by atoms with E-state index in [9.17, 15) is 14.4 Å². The van der Waals surface area contributed by atoms with Gasteiger partial charge in [-0.2, -0.15) is 0 Å². The van der Waals surface area contributed by atoms with E-state index in [2.05, 4.69) is 19.2 Å². The Kier molecular flexibility index (Phi) is 11.1. The van der Waals surface area contributed by atoms with Gasteiger partial charge in [-0.25, -0.2) is 0 Å². The second kappa shape index (κ2) is 11.8. The van der Waals surface area contributed by atoms with E-state index >= 15 is 0 Å². The van der Waals surface area contributed by atoms with Crippen LogP contribution in [-0.2, 0) is 14.4 Å². The van der Waals surface area contributed by atoms with Crippen LogP contribution < -0.4 is 5.32 Å². The fraction of sp³-hybridized carbons (Fsp3) is 0.833. The highest BCUT2D eigenvalue weighted by Gasteiger charge is 2.19. The SMILES string of the molecule is CC(C)CCCNC(=O)CN(C)C(=O)CN(C)C(=O)CN(C)C(C)C.[HH]. The molecule has 0 saturated heterocycles. The van der Waals surface area contributed by atoms with Gasteiger partial charge in [0.05, 0.1) is 19.6 Å². The van der Waals surface area contributed by atoms with Gasteiger partial charge in [-0.05, 0) is 39.7 Å². The number of nitrogens with one attached hydrogen (secondary N) is 1. The highest BCUT2D eigenvalue weighted by atomic mass is 16.2. The summed E-state index contributed by atoms with van der Waals surface area (Å²) < 4.78 is 0. The van der Waals surface area contributed by atoms with Crippen LogP contribution in [0, 0.1) is 5.92 Å². The fourth-order valence-electron chi connectivity index (χ4n) is 2.03. The van der Waals surface area contributed by atoms with Gasteiger partial charge in [0.1, 0.15) is 0 Å². The van der Waals surface area contributed by atoms with Crippen LogP contribution in [0.5, 0.6) is 0 Å². The van der Waals surface area contributed by atoms with Crippen LogP contribution in [0.25, 0.3) is 0 Å². The van der Waals surface area contributed by atoms with Gasteiger partial charge in [0.2, 0.25) is 17.7 Å². The third kappa shape index (κ3) is 10.8. The maximum absolute atomic E-state index is 12.2. The lowest BCUT2D eigenvalue weighted by atomic mass is 10.1. The molecule has 0 aromatic heterocycles. The molecule has 0 aliphatic rings. The number of amides is 3. The van der Waals surface area contributed by atoms with Crippen molar-refractivity contribution in [2.24, 2.45) is 5.92 Å². The van der Waals surface area contributed by atoms with Gasteiger partial charge < -0.3 is 15.1 Å². The number of likely N-dealkylation sites (N-methyl/N-ethyl adjacent to an activating group) is 3. The molecule has 0 aliphatic heterocycles. The Hall–Kier alpha value is -1.63. The second-order valence-electron chi connectivity index (χ2n) is 7.39. The van der Waals surface area contributed by atoms with Gasteiger partial charge in [0.15, 0.2) is 0 Å². The minimum atomic E-state index is -0.250. The topological polar surface area (TPSA) is 73.0 Å². The summed E-state index contributed by atoms with van der Waals surface area (Å²) in [6, 6.07) is 0.259. The zero-order valence-corrected chi connectivity index (χ0v) is 17.0. The molecule has 0 unspecified atom stereocenters. The average molecular weight is 359 g/mol. The fourth-order valence-corrected chi connectivity index (χ4v) is 2.03. The minimum absolute atomic E-state index is 0. The average Bonchev–Trinajstić information content (AvgIpc) is 2.50. The largest absolute Gasteiger partial charge is 0.355 e. The van der Waals surface area contributed by atoms with Crippen LogP contribution >= 0.6 is 0 Å². The van der Waals surface area contributed by atoms with E-state index in [4.69, 9.17) is 0 Å². The van der Waals surface area contributed by atoms with Crippen LogP contribution in [0.4, 0.5) is 0 Å². The van der Waals surface area contributed by atoms with Crippen LogP contribution in [0.1, 0.15) is 42.0 Å². The molecule has 148 valence electrons. The van der Waals surface area contributed by atoms with E-state index in [0.717, 1.165) is 12.8 Å². The normalized spacial score (nSPS) is 11.1. The molecule has 0 bridgehead atoms. The number of nitrogens with zero attached hydrogens (tertiary/aromatic N) is 3. The number of hydrogen-bond acceptors (Lipinski definition) is 4. The predicted molar refractivity (Wildman–Crippen MR) is 102 cm³/mol. The molecular formula is C18H38N4O3. The van der Waals surface area contributed by atoms with E-state index in [1.165, 1.54) is 9.80 Å². The lowest BCUT2D eigenvalue weighted by Crippen LogP contribution is -2.46. The molecule has 3 amide bonds. The van der Waals surface area contributed by atoms with Crippen molar-refractivity contribution in [3.8, 4) is 0 Å². The van der Waals surface area contributed by atoms with Crippen molar-refractivity contribution in [1.82, 2.24) is 20.0 Å². The lowest BCUT2D eigenvalue weighted by molar-refractivity contribution is -0.140. The molecule has 0 rings (SSSR count). The van der Waals surface area contributed by atoms with Crippen LogP contribution in [0.3, 0.4) is 0 Å². The van der Waals surface area contributed by atoms with E-state index in [-0.39, 0.29) is 44.8 Å². The first-order valence-corrected chi connectivity index (χ1v) is 8.99. The molecule has 0 fully saturated rings. The molecule has 0 atom stereocenters. The van der Waals surface area contributed by atoms with Gasteiger partial charge in [0.25, 0.3) is 0 Å². The summed E-state index contributed by atoms with van der Waals surface area (Å²) in [7, 11) is 5.05. The molecule has 7 nitrogen and oxygen atoms in total. The Morgan fingerprint density at radius 2 is 1.40 bits per heavy atom. The summed E-state index contributed by atoms with van der Waals surface area (Å²) in [5, 5.41) is 2.82. The van der Waals surface area contributed by atoms with Crippen molar-refractivity contribution in [2.75, 3.05) is 47.3 Å². The molecule has 0 aliphatic carbocycles. The smallest absolute Gasteiger partial charge is 0.242 e. The molecule has 0 saturated carbocycles. The van der Waals surface area contributed by atoms with Crippen LogP contribution in [-0.4, -0.2) is 85.8 Å². The van der Waals surface area contributed by atoms with Crippen molar-refractivity contribution in [2.45, 2.75) is 46.6 Å². The van der Waals surface area contributed by atoms with Gasteiger partial charge in [-0.3, -0.25) is 19.3 Å². The first-order chi connectivity index (χ1) is 11.5. The van der Waals surface area contributed by atoms with Crippen molar-refractivity contribution in [3.63, 3.8) is 0 Å². The third-order valence-electron chi connectivity index (χ3n) is 4.15. The molecule has 0 heterocycles. The summed E-state index contributed by atoms with van der Waals surface area (Å²) in [4.78, 5) is 40.8. The Balaban J connectivity index is 0. The van der Waals surface area contributed by atoms with Crippen molar-refractivity contribution in [1.29, 1.82) is 0 Å². The number of rotatable bonds is 11. The Morgan fingerprint density at radius 1 is 0.880 bits per heavy atom. The van der Waals surface area contributed by atoms with E-state index < -0.39 is 0 Å². The molecule has 0 aromatic carbocycles. The first-order valence-electron chi connectivity index (χ1n) is 8.99. The molecule has 25 heavy (non-hydrogen) atoms. The summed E-state index contributed by atoms with van der Waals surface area (Å²) >= 11 is 0. The molecule has 1 N–H and O–H groups in total. The van der Waals surface area contributed by atoms with Crippen molar-refractivity contribution >= 4 is 17.7 Å². The zero-order valence-electron chi connectivity index (χ0n) is 17.0. The van der Waals surface area contributed by atoms with Crippen LogP contribution in [0.15, 0.2) is 0 Å². The Bertz CT molecular complexity index is 444. The van der Waals surface area contributed by atoms with Crippen molar-refractivity contribution < 1.29 is 15.8 Å². The summed E-state index contributed by atoms with van der Waals surface area (Å²) in [5.41, 5.74) is 0. The van der Waals surface area contributed by atoms with Crippen molar-refractivity contribution in [3.05, 3.63) is 0 Å². The summed E-state index contributed by atoms with van der Waals surface area (Å²) in [6.07, 6.45) is 1.99. The van der Waals surface area contributed by atoms with Gasteiger partial charge >= 0.3 is 0 Å². The molecule has 0 aromatic rings. The zero-order chi connectivity index (χ0) is 19.6. The maximum atomic E-state index is 12.2.